The van der Waals surface area contributed by atoms with E-state index >= 15 is 0 Å². The fraction of sp³-hybridized carbons (Fsp3) is 0.176. The third-order valence-corrected chi connectivity index (χ3v) is 2.86. The van der Waals surface area contributed by atoms with E-state index in [0.717, 1.165) is 0 Å². The number of carboxylic acid groups (broad SMARTS) is 1. The fourth-order valence-electron chi connectivity index (χ4n) is 1.89. The number of ether oxygens (including phenoxy) is 1. The highest BCUT2D eigenvalue weighted by molar-refractivity contribution is 6.04. The van der Waals surface area contributed by atoms with Gasteiger partial charge in [0.1, 0.15) is 5.75 Å². The maximum Gasteiger partial charge on any atom is 0.335 e. The van der Waals surface area contributed by atoms with Gasteiger partial charge in [0.2, 0.25) is 0 Å². The summed E-state index contributed by atoms with van der Waals surface area (Å²) in [5, 5.41) is 11.6. The van der Waals surface area contributed by atoms with Crippen LogP contribution < -0.4 is 10.1 Å². The van der Waals surface area contributed by atoms with Gasteiger partial charge in [-0.3, -0.25) is 4.79 Å². The molecule has 0 heterocycles. The molecule has 0 aliphatic rings. The molecule has 2 N–H and O–H groups in total. The first-order chi connectivity index (χ1) is 10.5. The zero-order chi connectivity index (χ0) is 16.1. The normalized spacial score (nSPS) is 10.3. The fourth-order valence-corrected chi connectivity index (χ4v) is 1.89. The number of hydrogen-bond acceptors (Lipinski definition) is 3. The van der Waals surface area contributed by atoms with Crippen molar-refractivity contribution in [2.75, 3.05) is 5.32 Å². The van der Waals surface area contributed by atoms with Crippen molar-refractivity contribution < 1.29 is 19.4 Å². The molecule has 2 rings (SSSR count). The first kappa shape index (κ1) is 15.6. The second-order valence-corrected chi connectivity index (χ2v) is 5.03. The molecule has 2 aromatic carbocycles. The Labute approximate surface area is 128 Å². The van der Waals surface area contributed by atoms with Gasteiger partial charge >= 0.3 is 5.97 Å². The van der Waals surface area contributed by atoms with Crippen molar-refractivity contribution in [1.29, 1.82) is 0 Å². The summed E-state index contributed by atoms with van der Waals surface area (Å²) >= 11 is 0. The lowest BCUT2D eigenvalue weighted by Crippen LogP contribution is -2.12. The summed E-state index contributed by atoms with van der Waals surface area (Å²) in [5.41, 5.74) is 1.03. The number of rotatable bonds is 5. The van der Waals surface area contributed by atoms with Crippen LogP contribution in [-0.2, 0) is 0 Å². The molecule has 2 aromatic rings. The molecule has 5 heteroatoms. The predicted octanol–water partition coefficient (Wildman–Crippen LogP) is 3.42. The smallest absolute Gasteiger partial charge is 0.335 e. The second-order valence-electron chi connectivity index (χ2n) is 5.03. The molecule has 0 aliphatic heterocycles. The SMILES string of the molecule is CC(C)Oc1ccc(C(=O)Nc2cccc(C(=O)O)c2)cc1. The molecule has 114 valence electrons. The zero-order valence-corrected chi connectivity index (χ0v) is 12.4. The molecule has 0 radical (unpaired) electrons. The molecule has 0 aliphatic carbocycles. The van der Waals surface area contributed by atoms with Crippen LogP contribution in [-0.4, -0.2) is 23.1 Å². The van der Waals surface area contributed by atoms with Crippen LogP contribution in [0.15, 0.2) is 48.5 Å². The van der Waals surface area contributed by atoms with Crippen molar-refractivity contribution in [3.63, 3.8) is 0 Å². The van der Waals surface area contributed by atoms with Crippen molar-refractivity contribution in [2.24, 2.45) is 0 Å². The molecule has 0 spiro atoms. The molecule has 1 amide bonds. The van der Waals surface area contributed by atoms with Crippen LogP contribution in [0, 0.1) is 0 Å². The van der Waals surface area contributed by atoms with Gasteiger partial charge in [0.05, 0.1) is 11.7 Å². The van der Waals surface area contributed by atoms with Crippen molar-refractivity contribution >= 4 is 17.6 Å². The number of nitrogens with one attached hydrogen (secondary N) is 1. The minimum absolute atomic E-state index is 0.0680. The van der Waals surface area contributed by atoms with Gasteiger partial charge in [-0.25, -0.2) is 4.79 Å². The van der Waals surface area contributed by atoms with Gasteiger partial charge in [-0.2, -0.15) is 0 Å². The first-order valence-corrected chi connectivity index (χ1v) is 6.87. The number of anilines is 1. The lowest BCUT2D eigenvalue weighted by molar-refractivity contribution is 0.0696. The molecular weight excluding hydrogens is 282 g/mol. The Morgan fingerprint density at radius 3 is 2.32 bits per heavy atom. The summed E-state index contributed by atoms with van der Waals surface area (Å²) in [6.07, 6.45) is 0.0680. The van der Waals surface area contributed by atoms with Gasteiger partial charge in [-0.05, 0) is 56.3 Å². The summed E-state index contributed by atoms with van der Waals surface area (Å²) < 4.78 is 5.51. The van der Waals surface area contributed by atoms with Gasteiger partial charge in [-0.1, -0.05) is 6.07 Å². The van der Waals surface area contributed by atoms with Crippen molar-refractivity contribution in [1.82, 2.24) is 0 Å². The number of carbonyl (C=O) groups excluding carboxylic acids is 1. The summed E-state index contributed by atoms with van der Waals surface area (Å²) in [6, 6.07) is 12.9. The Morgan fingerprint density at radius 2 is 1.73 bits per heavy atom. The zero-order valence-electron chi connectivity index (χ0n) is 12.4. The third-order valence-electron chi connectivity index (χ3n) is 2.86. The quantitative estimate of drug-likeness (QED) is 0.887. The van der Waals surface area contributed by atoms with Crippen LogP contribution in [0.5, 0.6) is 5.75 Å². The van der Waals surface area contributed by atoms with Gasteiger partial charge in [0.15, 0.2) is 0 Å². The van der Waals surface area contributed by atoms with Crippen molar-refractivity contribution in [2.45, 2.75) is 20.0 Å². The van der Waals surface area contributed by atoms with E-state index < -0.39 is 5.97 Å². The van der Waals surface area contributed by atoms with Crippen molar-refractivity contribution in [3.8, 4) is 5.75 Å². The van der Waals surface area contributed by atoms with Crippen molar-refractivity contribution in [3.05, 3.63) is 59.7 Å². The molecule has 0 unspecified atom stereocenters. The third kappa shape index (κ3) is 4.09. The molecule has 0 bridgehead atoms. The summed E-state index contributed by atoms with van der Waals surface area (Å²) in [7, 11) is 0. The number of amides is 1. The average Bonchev–Trinajstić information content (AvgIpc) is 2.47. The largest absolute Gasteiger partial charge is 0.491 e. The second kappa shape index (κ2) is 6.76. The predicted molar refractivity (Wildman–Crippen MR) is 83.6 cm³/mol. The highest BCUT2D eigenvalue weighted by Gasteiger charge is 2.09. The molecule has 0 saturated heterocycles. The molecular formula is C17H17NO4. The number of carbonyl (C=O) groups is 2. The monoisotopic (exact) mass is 299 g/mol. The molecule has 22 heavy (non-hydrogen) atoms. The lowest BCUT2D eigenvalue weighted by atomic mass is 10.1. The Kier molecular flexibility index (Phi) is 4.78. The van der Waals surface area contributed by atoms with E-state index in [1.807, 2.05) is 13.8 Å². The van der Waals surface area contributed by atoms with Crippen LogP contribution in [0.25, 0.3) is 0 Å². The van der Waals surface area contributed by atoms with Crippen LogP contribution in [0.4, 0.5) is 5.69 Å². The lowest BCUT2D eigenvalue weighted by Gasteiger charge is -2.10. The van der Waals surface area contributed by atoms with E-state index in [2.05, 4.69) is 5.32 Å². The molecule has 5 nitrogen and oxygen atoms in total. The van der Waals surface area contributed by atoms with Gasteiger partial charge in [-0.15, -0.1) is 0 Å². The van der Waals surface area contributed by atoms with E-state index in [4.69, 9.17) is 9.84 Å². The summed E-state index contributed by atoms with van der Waals surface area (Å²) in [6.45, 7) is 3.85. The topological polar surface area (TPSA) is 75.6 Å². The van der Waals surface area contributed by atoms with E-state index in [9.17, 15) is 9.59 Å². The maximum absolute atomic E-state index is 12.1. The Morgan fingerprint density at radius 1 is 1.05 bits per heavy atom. The van der Waals surface area contributed by atoms with E-state index in [0.29, 0.717) is 17.0 Å². The highest BCUT2D eigenvalue weighted by Crippen LogP contribution is 2.16. The van der Waals surface area contributed by atoms with Crippen LogP contribution >= 0.6 is 0 Å². The number of hydrogen-bond donors (Lipinski definition) is 2. The minimum Gasteiger partial charge on any atom is -0.491 e. The van der Waals surface area contributed by atoms with E-state index in [1.54, 1.807) is 36.4 Å². The number of benzene rings is 2. The Bertz CT molecular complexity index is 677. The number of aromatic carboxylic acids is 1. The molecule has 0 atom stereocenters. The standard InChI is InChI=1S/C17H17NO4/c1-11(2)22-15-8-6-12(7-9-15)16(19)18-14-5-3-4-13(10-14)17(20)21/h3-11H,1-2H3,(H,18,19)(H,20,21). The Balaban J connectivity index is 2.08. The molecule has 0 fully saturated rings. The van der Waals surface area contributed by atoms with Gasteiger partial charge < -0.3 is 15.2 Å². The van der Waals surface area contributed by atoms with Crippen LogP contribution in [0.3, 0.4) is 0 Å². The van der Waals surface area contributed by atoms with Gasteiger partial charge in [0, 0.05) is 11.3 Å². The first-order valence-electron chi connectivity index (χ1n) is 6.87. The van der Waals surface area contributed by atoms with Gasteiger partial charge in [0.25, 0.3) is 5.91 Å². The molecule has 0 saturated carbocycles. The summed E-state index contributed by atoms with van der Waals surface area (Å²) in [4.78, 5) is 23.0. The van der Waals surface area contributed by atoms with E-state index in [-0.39, 0.29) is 17.6 Å². The summed E-state index contributed by atoms with van der Waals surface area (Å²) in [5.74, 6) is -0.649. The van der Waals surface area contributed by atoms with Crippen LogP contribution in [0.1, 0.15) is 34.6 Å². The average molecular weight is 299 g/mol. The minimum atomic E-state index is -1.04. The number of carboxylic acids is 1. The van der Waals surface area contributed by atoms with Crippen LogP contribution in [0.2, 0.25) is 0 Å². The molecule has 0 aromatic heterocycles. The van der Waals surface area contributed by atoms with E-state index in [1.165, 1.54) is 12.1 Å². The highest BCUT2D eigenvalue weighted by atomic mass is 16.5. The Hall–Kier alpha value is -2.82. The maximum atomic E-state index is 12.1.